The number of rotatable bonds is 1. The standard InChI is InChI=1S/C10H8ClFN2O/c1-6-3-7(11)9(4-8(6)12)14(2)10(15)5-13/h3-4H,1-2H3. The summed E-state index contributed by atoms with van der Waals surface area (Å²) in [7, 11) is 1.36. The van der Waals surface area contributed by atoms with E-state index in [2.05, 4.69) is 0 Å². The van der Waals surface area contributed by atoms with Crippen molar-refractivity contribution in [3.05, 3.63) is 28.5 Å². The molecule has 0 bridgehead atoms. The van der Waals surface area contributed by atoms with Crippen molar-refractivity contribution in [3.63, 3.8) is 0 Å². The molecule has 3 nitrogen and oxygen atoms in total. The maximum atomic E-state index is 13.2. The van der Waals surface area contributed by atoms with Gasteiger partial charge >= 0.3 is 5.91 Å². The van der Waals surface area contributed by atoms with E-state index in [4.69, 9.17) is 16.9 Å². The van der Waals surface area contributed by atoms with Gasteiger partial charge in [-0.15, -0.1) is 0 Å². The maximum Gasteiger partial charge on any atom is 0.329 e. The van der Waals surface area contributed by atoms with Crippen LogP contribution in [0, 0.1) is 24.1 Å². The van der Waals surface area contributed by atoms with Crippen LogP contribution in [0.3, 0.4) is 0 Å². The van der Waals surface area contributed by atoms with Gasteiger partial charge in [0.15, 0.2) is 6.07 Å². The highest BCUT2D eigenvalue weighted by Gasteiger charge is 2.15. The van der Waals surface area contributed by atoms with Gasteiger partial charge in [0.05, 0.1) is 10.7 Å². The number of carbonyl (C=O) groups is 1. The Morgan fingerprint density at radius 3 is 2.73 bits per heavy atom. The molecule has 0 N–H and O–H groups in total. The smallest absolute Gasteiger partial charge is 0.301 e. The molecule has 0 saturated carbocycles. The third-order valence-corrected chi connectivity index (χ3v) is 2.29. The van der Waals surface area contributed by atoms with Crippen molar-refractivity contribution in [1.82, 2.24) is 0 Å². The molecule has 0 atom stereocenters. The zero-order chi connectivity index (χ0) is 11.6. The van der Waals surface area contributed by atoms with Crippen molar-refractivity contribution in [2.24, 2.45) is 0 Å². The van der Waals surface area contributed by atoms with Crippen LogP contribution in [-0.2, 0) is 4.79 Å². The summed E-state index contributed by atoms with van der Waals surface area (Å²) in [6.07, 6.45) is 0. The van der Waals surface area contributed by atoms with E-state index in [1.807, 2.05) is 0 Å². The monoisotopic (exact) mass is 226 g/mol. The molecule has 5 heteroatoms. The Morgan fingerprint density at radius 2 is 2.20 bits per heavy atom. The van der Waals surface area contributed by atoms with Crippen LogP contribution in [0.4, 0.5) is 10.1 Å². The van der Waals surface area contributed by atoms with E-state index in [-0.39, 0.29) is 10.7 Å². The normalized spacial score (nSPS) is 9.53. The van der Waals surface area contributed by atoms with Gasteiger partial charge in [0, 0.05) is 7.05 Å². The minimum Gasteiger partial charge on any atom is -0.301 e. The molecular formula is C10H8ClFN2O. The Balaban J connectivity index is 3.22. The summed E-state index contributed by atoms with van der Waals surface area (Å²) < 4.78 is 13.2. The molecule has 1 amide bonds. The molecule has 0 aromatic heterocycles. The average Bonchev–Trinajstić information content (AvgIpc) is 2.21. The second-order valence-corrected chi connectivity index (χ2v) is 3.44. The topological polar surface area (TPSA) is 44.1 Å². The summed E-state index contributed by atoms with van der Waals surface area (Å²) in [5, 5.41) is 8.64. The lowest BCUT2D eigenvalue weighted by Crippen LogP contribution is -2.24. The van der Waals surface area contributed by atoms with Crippen LogP contribution in [0.1, 0.15) is 5.56 Å². The molecule has 1 aromatic rings. The first-order valence-corrected chi connectivity index (χ1v) is 4.48. The maximum absolute atomic E-state index is 13.2. The summed E-state index contributed by atoms with van der Waals surface area (Å²) in [6.45, 7) is 1.57. The molecule has 0 heterocycles. The lowest BCUT2D eigenvalue weighted by atomic mass is 10.2. The van der Waals surface area contributed by atoms with Crippen LogP contribution in [0.5, 0.6) is 0 Å². The molecule has 0 unspecified atom stereocenters. The number of benzene rings is 1. The second kappa shape index (κ2) is 4.28. The van der Waals surface area contributed by atoms with Gasteiger partial charge in [-0.1, -0.05) is 11.6 Å². The van der Waals surface area contributed by atoms with Gasteiger partial charge in [-0.25, -0.2) is 4.39 Å². The molecule has 15 heavy (non-hydrogen) atoms. The SMILES string of the molecule is Cc1cc(Cl)c(N(C)C(=O)C#N)cc1F. The van der Waals surface area contributed by atoms with Crippen molar-refractivity contribution >= 4 is 23.2 Å². The minimum absolute atomic E-state index is 0.186. The third-order valence-electron chi connectivity index (χ3n) is 1.99. The first-order valence-electron chi connectivity index (χ1n) is 4.10. The molecule has 0 fully saturated rings. The molecule has 0 radical (unpaired) electrons. The highest BCUT2D eigenvalue weighted by Crippen LogP contribution is 2.27. The Hall–Kier alpha value is -1.60. The lowest BCUT2D eigenvalue weighted by molar-refractivity contribution is -0.113. The number of hydrogen-bond donors (Lipinski definition) is 0. The van der Waals surface area contributed by atoms with Crippen LogP contribution in [0.2, 0.25) is 5.02 Å². The Bertz CT molecular complexity index is 453. The first-order chi connectivity index (χ1) is 6.97. The molecular weight excluding hydrogens is 219 g/mol. The zero-order valence-corrected chi connectivity index (χ0v) is 8.97. The quantitative estimate of drug-likeness (QED) is 0.690. The number of carbonyl (C=O) groups excluding carboxylic acids is 1. The molecule has 0 aliphatic rings. The van der Waals surface area contributed by atoms with Gasteiger partial charge in [-0.3, -0.25) is 4.79 Å². The van der Waals surface area contributed by atoms with E-state index in [0.717, 1.165) is 11.0 Å². The van der Waals surface area contributed by atoms with Crippen LogP contribution >= 0.6 is 11.6 Å². The van der Waals surface area contributed by atoms with Crippen molar-refractivity contribution in [3.8, 4) is 6.07 Å². The highest BCUT2D eigenvalue weighted by atomic mass is 35.5. The summed E-state index contributed by atoms with van der Waals surface area (Å²) >= 11 is 5.83. The van der Waals surface area contributed by atoms with Crippen LogP contribution in [-0.4, -0.2) is 13.0 Å². The number of halogens is 2. The largest absolute Gasteiger partial charge is 0.329 e. The number of nitriles is 1. The summed E-state index contributed by atoms with van der Waals surface area (Å²) in [4.78, 5) is 12.0. The number of nitrogens with zero attached hydrogens (tertiary/aromatic N) is 2. The van der Waals surface area contributed by atoms with Gasteiger partial charge in [0.2, 0.25) is 0 Å². The molecule has 1 rings (SSSR count). The van der Waals surface area contributed by atoms with Gasteiger partial charge < -0.3 is 4.90 Å². The first kappa shape index (κ1) is 11.5. The Kier molecular flexibility index (Phi) is 3.28. The van der Waals surface area contributed by atoms with E-state index in [1.165, 1.54) is 19.2 Å². The number of amides is 1. The van der Waals surface area contributed by atoms with Crippen molar-refractivity contribution in [1.29, 1.82) is 5.26 Å². The summed E-state index contributed by atoms with van der Waals surface area (Å²) in [5.41, 5.74) is 0.577. The Labute approximate surface area is 91.7 Å². The van der Waals surface area contributed by atoms with E-state index in [9.17, 15) is 9.18 Å². The van der Waals surface area contributed by atoms with E-state index < -0.39 is 11.7 Å². The van der Waals surface area contributed by atoms with E-state index in [1.54, 1.807) is 6.92 Å². The van der Waals surface area contributed by atoms with E-state index in [0.29, 0.717) is 5.56 Å². The predicted octanol–water partition coefficient (Wildman–Crippen LogP) is 2.27. The average molecular weight is 227 g/mol. The molecule has 1 aromatic carbocycles. The molecule has 0 aliphatic heterocycles. The molecule has 0 spiro atoms. The number of hydrogen-bond acceptors (Lipinski definition) is 2. The molecule has 0 aliphatic carbocycles. The van der Waals surface area contributed by atoms with Gasteiger partial charge in [-0.05, 0) is 24.6 Å². The fourth-order valence-corrected chi connectivity index (χ4v) is 1.42. The fraction of sp³-hybridized carbons (Fsp3) is 0.200. The predicted molar refractivity (Wildman–Crippen MR) is 55.2 cm³/mol. The highest BCUT2D eigenvalue weighted by molar-refractivity contribution is 6.34. The molecule has 78 valence electrons. The van der Waals surface area contributed by atoms with Crippen LogP contribution in [0.25, 0.3) is 0 Å². The Morgan fingerprint density at radius 1 is 1.60 bits per heavy atom. The molecule has 0 saturated heterocycles. The van der Waals surface area contributed by atoms with Crippen LogP contribution < -0.4 is 4.90 Å². The lowest BCUT2D eigenvalue weighted by Gasteiger charge is -2.15. The zero-order valence-electron chi connectivity index (χ0n) is 8.21. The third kappa shape index (κ3) is 2.25. The summed E-state index contributed by atoms with van der Waals surface area (Å²) in [5.74, 6) is -1.26. The van der Waals surface area contributed by atoms with E-state index >= 15 is 0 Å². The minimum atomic E-state index is -0.792. The van der Waals surface area contributed by atoms with Crippen molar-refractivity contribution < 1.29 is 9.18 Å². The second-order valence-electron chi connectivity index (χ2n) is 3.03. The fourth-order valence-electron chi connectivity index (χ4n) is 1.08. The van der Waals surface area contributed by atoms with Gasteiger partial charge in [-0.2, -0.15) is 5.26 Å². The van der Waals surface area contributed by atoms with Crippen LogP contribution in [0.15, 0.2) is 12.1 Å². The van der Waals surface area contributed by atoms with Gasteiger partial charge in [0.1, 0.15) is 5.82 Å². The summed E-state index contributed by atoms with van der Waals surface area (Å²) in [6, 6.07) is 3.97. The van der Waals surface area contributed by atoms with Gasteiger partial charge in [0.25, 0.3) is 0 Å². The number of anilines is 1. The van der Waals surface area contributed by atoms with Crippen molar-refractivity contribution in [2.75, 3.05) is 11.9 Å². The van der Waals surface area contributed by atoms with Crippen molar-refractivity contribution in [2.45, 2.75) is 6.92 Å². The number of aryl methyl sites for hydroxylation is 1.